The lowest BCUT2D eigenvalue weighted by molar-refractivity contribution is 0.306. The molecule has 2 aliphatic heterocycles. The highest BCUT2D eigenvalue weighted by Crippen LogP contribution is 2.32. The molecule has 6 heterocycles. The smallest absolute Gasteiger partial charge is 0.217 e. The summed E-state index contributed by atoms with van der Waals surface area (Å²) in [6.07, 6.45) is 1.59. The van der Waals surface area contributed by atoms with Crippen LogP contribution in [0.2, 0.25) is 0 Å². The summed E-state index contributed by atoms with van der Waals surface area (Å²) in [5.41, 5.74) is 7.46. The molecule has 3 aliphatic rings. The second kappa shape index (κ2) is 19.5. The quantitative estimate of drug-likeness (QED) is 0.109. The van der Waals surface area contributed by atoms with Crippen LogP contribution in [0.1, 0.15) is 31.4 Å². The highest BCUT2D eigenvalue weighted by atomic mass is 32.2. The van der Waals surface area contributed by atoms with Crippen molar-refractivity contribution in [2.24, 2.45) is 0 Å². The standard InChI is InChI=1S/C26H27N5O3S.C23H23N5O.CH4/c32-35(33,22-10-11-22)31-16-14-30(15-17-31)24-13-12-23-26(28-24)29-25(27-23)20-6-8-21(9-7-20)34-18-19-4-2-1-3-5-19;1-2-4-17(5-3-1)16-29-19-8-6-18(7-9-19)22-25-20-10-11-21(26-23(20)27-22)28-14-12-24-13-15-28;/h1-9,12-13,22H,10-11,14-18H2,(H,27,28,29);1-11,24H,12-16H2,(H,25,26,27);1H4. The molecule has 0 unspecified atom stereocenters. The van der Waals surface area contributed by atoms with Crippen LogP contribution in [0.15, 0.2) is 133 Å². The Morgan fingerprint density at radius 1 is 0.523 bits per heavy atom. The summed E-state index contributed by atoms with van der Waals surface area (Å²) in [4.78, 5) is 30.1. The Bertz CT molecular complexity index is 2910. The number of benzene rings is 4. The highest BCUT2D eigenvalue weighted by Gasteiger charge is 2.41. The molecule has 334 valence electrons. The number of piperazine rings is 2. The maximum Gasteiger partial charge on any atom is 0.217 e. The summed E-state index contributed by atoms with van der Waals surface area (Å²) < 4.78 is 38.4. The summed E-state index contributed by atoms with van der Waals surface area (Å²) in [5.74, 6) is 5.02. The molecule has 0 radical (unpaired) electrons. The maximum absolute atomic E-state index is 12.5. The van der Waals surface area contributed by atoms with Crippen molar-refractivity contribution in [1.82, 2.24) is 39.5 Å². The first-order valence-electron chi connectivity index (χ1n) is 21.9. The van der Waals surface area contributed by atoms with Gasteiger partial charge in [0.05, 0.1) is 16.3 Å². The van der Waals surface area contributed by atoms with Crippen LogP contribution in [-0.4, -0.2) is 100 Å². The number of pyridine rings is 2. The zero-order valence-corrected chi connectivity index (χ0v) is 36.3. The first-order valence-corrected chi connectivity index (χ1v) is 23.4. The van der Waals surface area contributed by atoms with Gasteiger partial charge in [-0.05, 0) is 96.8 Å². The van der Waals surface area contributed by atoms with E-state index in [0.717, 1.165) is 113 Å². The average molecular weight is 891 g/mol. The Kier molecular flexibility index (Phi) is 13.0. The van der Waals surface area contributed by atoms with E-state index in [-0.39, 0.29) is 12.7 Å². The maximum atomic E-state index is 12.5. The zero-order valence-electron chi connectivity index (χ0n) is 35.4. The number of nitrogens with zero attached hydrogens (tertiary/aromatic N) is 7. The molecule has 4 aromatic heterocycles. The molecular weight excluding hydrogens is 837 g/mol. The van der Waals surface area contributed by atoms with E-state index in [2.05, 4.69) is 49.4 Å². The minimum Gasteiger partial charge on any atom is -0.489 e. The summed E-state index contributed by atoms with van der Waals surface area (Å²) in [5, 5.41) is 3.21. The number of rotatable bonds is 12. The van der Waals surface area contributed by atoms with E-state index in [1.54, 1.807) is 4.31 Å². The number of hydrogen-bond acceptors (Lipinski definition) is 11. The molecule has 11 rings (SSSR count). The minimum absolute atomic E-state index is 0. The number of aromatic amines is 2. The van der Waals surface area contributed by atoms with E-state index in [0.29, 0.717) is 45.0 Å². The van der Waals surface area contributed by atoms with Gasteiger partial charge in [-0.25, -0.2) is 28.4 Å². The van der Waals surface area contributed by atoms with E-state index < -0.39 is 10.0 Å². The third kappa shape index (κ3) is 10.3. The molecule has 1 saturated carbocycles. The van der Waals surface area contributed by atoms with Crippen LogP contribution in [0, 0.1) is 0 Å². The monoisotopic (exact) mass is 890 g/mol. The summed E-state index contributed by atoms with van der Waals surface area (Å²) in [6, 6.07) is 44.2. The number of nitrogens with one attached hydrogen (secondary N) is 3. The van der Waals surface area contributed by atoms with Crippen molar-refractivity contribution in [2.45, 2.75) is 38.7 Å². The molecule has 4 aromatic carbocycles. The third-order valence-corrected chi connectivity index (χ3v) is 14.1. The van der Waals surface area contributed by atoms with Crippen molar-refractivity contribution >= 4 is 44.0 Å². The summed E-state index contributed by atoms with van der Waals surface area (Å²) in [7, 11) is -3.12. The van der Waals surface area contributed by atoms with Gasteiger partial charge in [0.2, 0.25) is 10.0 Å². The molecule has 0 amide bonds. The topological polar surface area (TPSA) is 157 Å². The minimum atomic E-state index is -3.12. The predicted octanol–water partition coefficient (Wildman–Crippen LogP) is 8.07. The predicted molar refractivity (Wildman–Crippen MR) is 258 cm³/mol. The van der Waals surface area contributed by atoms with Crippen molar-refractivity contribution in [3.05, 3.63) is 145 Å². The van der Waals surface area contributed by atoms with Gasteiger partial charge < -0.3 is 34.6 Å². The normalized spacial score (nSPS) is 15.6. The molecule has 0 atom stereocenters. The van der Waals surface area contributed by atoms with Crippen LogP contribution in [0.4, 0.5) is 11.6 Å². The fourth-order valence-corrected chi connectivity index (χ4v) is 9.76. The fourth-order valence-electron chi connectivity index (χ4n) is 7.93. The van der Waals surface area contributed by atoms with Crippen LogP contribution in [0.5, 0.6) is 11.5 Å². The van der Waals surface area contributed by atoms with Gasteiger partial charge in [0.15, 0.2) is 11.3 Å². The fraction of sp³-hybridized carbons (Fsp3) is 0.280. The Balaban J connectivity index is 0.000000164. The number of fused-ring (bicyclic) bond motifs is 2. The zero-order chi connectivity index (χ0) is 43.3. The van der Waals surface area contributed by atoms with Gasteiger partial charge in [-0.15, -0.1) is 0 Å². The molecule has 1 aliphatic carbocycles. The van der Waals surface area contributed by atoms with Crippen molar-refractivity contribution in [2.75, 3.05) is 62.2 Å². The van der Waals surface area contributed by atoms with Crippen LogP contribution in [0.3, 0.4) is 0 Å². The molecule has 65 heavy (non-hydrogen) atoms. The second-order valence-electron chi connectivity index (χ2n) is 16.2. The van der Waals surface area contributed by atoms with Crippen molar-refractivity contribution in [3.8, 4) is 34.3 Å². The lowest BCUT2D eigenvalue weighted by Crippen LogP contribution is -2.49. The van der Waals surface area contributed by atoms with Crippen LogP contribution >= 0.6 is 0 Å². The molecule has 15 heteroatoms. The largest absolute Gasteiger partial charge is 0.489 e. The highest BCUT2D eigenvalue weighted by molar-refractivity contribution is 7.90. The Labute approximate surface area is 379 Å². The van der Waals surface area contributed by atoms with E-state index in [9.17, 15) is 8.42 Å². The number of H-pyrrole nitrogens is 2. The number of hydrogen-bond donors (Lipinski definition) is 3. The van der Waals surface area contributed by atoms with Crippen molar-refractivity contribution in [1.29, 1.82) is 0 Å². The van der Waals surface area contributed by atoms with Crippen LogP contribution < -0.4 is 24.6 Å². The lowest BCUT2D eigenvalue weighted by atomic mass is 10.2. The molecule has 14 nitrogen and oxygen atoms in total. The molecular formula is C50H54N10O4S. The van der Waals surface area contributed by atoms with Crippen LogP contribution in [0.25, 0.3) is 45.1 Å². The van der Waals surface area contributed by atoms with Gasteiger partial charge in [0, 0.05) is 63.5 Å². The van der Waals surface area contributed by atoms with Gasteiger partial charge in [-0.3, -0.25) is 0 Å². The lowest BCUT2D eigenvalue weighted by Gasteiger charge is -2.34. The first kappa shape index (κ1) is 43.4. The molecule has 8 aromatic rings. The summed E-state index contributed by atoms with van der Waals surface area (Å²) in [6.45, 7) is 7.28. The van der Waals surface area contributed by atoms with Crippen molar-refractivity contribution in [3.63, 3.8) is 0 Å². The number of imidazole rings is 2. The van der Waals surface area contributed by atoms with Gasteiger partial charge in [-0.2, -0.15) is 4.31 Å². The molecule has 0 spiro atoms. The molecule has 2 saturated heterocycles. The molecule has 3 N–H and O–H groups in total. The van der Waals surface area contributed by atoms with E-state index in [1.165, 1.54) is 0 Å². The molecule has 0 bridgehead atoms. The third-order valence-electron chi connectivity index (χ3n) is 11.7. The number of ether oxygens (including phenoxy) is 2. The summed E-state index contributed by atoms with van der Waals surface area (Å²) >= 11 is 0. The van der Waals surface area contributed by atoms with Gasteiger partial charge in [0.1, 0.15) is 48.0 Å². The van der Waals surface area contributed by atoms with E-state index in [4.69, 9.17) is 29.4 Å². The second-order valence-corrected chi connectivity index (χ2v) is 18.4. The molecule has 3 fully saturated rings. The van der Waals surface area contributed by atoms with E-state index in [1.807, 2.05) is 109 Å². The SMILES string of the molecule is C.O=S(=O)(C1CC1)N1CCN(c2ccc3[nH]c(-c4ccc(OCc5ccccc5)cc4)nc3n2)CC1.c1ccc(COc2ccc(-c3nc4nc(N5CCNCC5)ccc4[nH]3)cc2)cc1. The average Bonchev–Trinajstić information content (AvgIpc) is 4.01. The Morgan fingerprint density at radius 3 is 1.42 bits per heavy atom. The number of sulfonamides is 1. The van der Waals surface area contributed by atoms with E-state index >= 15 is 0 Å². The van der Waals surface area contributed by atoms with Gasteiger partial charge in [0.25, 0.3) is 0 Å². The number of anilines is 2. The van der Waals surface area contributed by atoms with Gasteiger partial charge in [-0.1, -0.05) is 68.1 Å². The van der Waals surface area contributed by atoms with Crippen LogP contribution in [-0.2, 0) is 23.2 Å². The first-order chi connectivity index (χ1) is 31.4. The Hall–Kier alpha value is -6.81. The Morgan fingerprint density at radius 2 is 0.969 bits per heavy atom. The number of aromatic nitrogens is 6. The van der Waals surface area contributed by atoms with Crippen molar-refractivity contribution < 1.29 is 17.9 Å². The van der Waals surface area contributed by atoms with Gasteiger partial charge >= 0.3 is 0 Å².